The number of benzene rings is 2. The minimum atomic E-state index is -4.10. The lowest BCUT2D eigenvalue weighted by Gasteiger charge is -2.25. The van der Waals surface area contributed by atoms with E-state index >= 15 is 0 Å². The largest absolute Gasteiger partial charge is 0.467 e. The maximum absolute atomic E-state index is 13.2. The summed E-state index contributed by atoms with van der Waals surface area (Å²) in [5.41, 5.74) is 1.56. The monoisotopic (exact) mass is 367 g/mol. The zero-order chi connectivity index (χ0) is 18.6. The molecule has 0 fully saturated rings. The van der Waals surface area contributed by atoms with Gasteiger partial charge < -0.3 is 4.74 Å². The number of methoxy groups -OCH3 is 1. The van der Waals surface area contributed by atoms with Crippen LogP contribution in [0, 0.1) is 0 Å². The third kappa shape index (κ3) is 2.99. The summed E-state index contributed by atoms with van der Waals surface area (Å²) in [7, 11) is -2.94. The summed E-state index contributed by atoms with van der Waals surface area (Å²) >= 11 is 0. The number of hydrogen-bond donors (Lipinski definition) is 0. The molecule has 1 aliphatic rings. The highest BCUT2D eigenvalue weighted by molar-refractivity contribution is 7.97. The number of aliphatic imine (C=N–C) groups is 1. The van der Waals surface area contributed by atoms with Gasteiger partial charge in [-0.1, -0.05) is 60.7 Å². The van der Waals surface area contributed by atoms with E-state index in [1.54, 1.807) is 48.5 Å². The number of rotatable bonds is 5. The first-order valence-corrected chi connectivity index (χ1v) is 9.42. The van der Waals surface area contributed by atoms with Crippen molar-refractivity contribution in [1.82, 2.24) is 0 Å². The first kappa shape index (κ1) is 17.8. The van der Waals surface area contributed by atoms with E-state index in [1.165, 1.54) is 12.3 Å². The number of carbonyl (C=O) groups excluding carboxylic acids is 1. The van der Waals surface area contributed by atoms with Crippen LogP contribution in [0.15, 0.2) is 77.3 Å². The van der Waals surface area contributed by atoms with Gasteiger partial charge in [-0.25, -0.2) is 13.2 Å². The lowest BCUT2D eigenvalue weighted by Crippen LogP contribution is -2.47. The van der Waals surface area contributed by atoms with Crippen molar-refractivity contribution in [3.63, 3.8) is 0 Å². The van der Waals surface area contributed by atoms with Crippen molar-refractivity contribution in [3.8, 4) is 0 Å². The molecular formula is C20H17NO4S. The molecule has 2 aromatic carbocycles. The molecule has 1 atom stereocenters. The molecule has 0 N–H and O–H groups in total. The summed E-state index contributed by atoms with van der Waals surface area (Å²) < 4.78 is 29.2. The van der Waals surface area contributed by atoms with E-state index in [1.807, 2.05) is 12.1 Å². The van der Waals surface area contributed by atoms with Crippen LogP contribution < -0.4 is 0 Å². The first-order chi connectivity index (χ1) is 12.5. The van der Waals surface area contributed by atoms with Crippen LogP contribution in [-0.2, 0) is 19.4 Å². The van der Waals surface area contributed by atoms with Crippen LogP contribution in [0.4, 0.5) is 0 Å². The summed E-state index contributed by atoms with van der Waals surface area (Å²) in [4.78, 5) is 16.6. The number of esters is 1. The molecule has 26 heavy (non-hydrogen) atoms. The minimum Gasteiger partial charge on any atom is -0.467 e. The van der Waals surface area contributed by atoms with Gasteiger partial charge >= 0.3 is 5.97 Å². The molecular weight excluding hydrogens is 350 g/mol. The van der Waals surface area contributed by atoms with Crippen LogP contribution >= 0.6 is 0 Å². The Morgan fingerprint density at radius 2 is 1.65 bits per heavy atom. The molecule has 0 aliphatic carbocycles. The summed E-state index contributed by atoms with van der Waals surface area (Å²) in [5, 5.41) is 1.04. The standard InChI is InChI=1S/C20H17NO4S/c1-25-19(22)20(15-21-14-18(20)17-10-6-3-7-11-17)26(23,24)13-12-16-8-4-2-5-9-16/h2-15H,1H3/b13-12+. The summed E-state index contributed by atoms with van der Waals surface area (Å²) in [5.74, 6) is -0.897. The second kappa shape index (κ2) is 7.09. The smallest absolute Gasteiger partial charge is 0.337 e. The van der Waals surface area contributed by atoms with Crippen LogP contribution in [0.1, 0.15) is 11.1 Å². The van der Waals surface area contributed by atoms with Gasteiger partial charge in [-0.15, -0.1) is 0 Å². The van der Waals surface area contributed by atoms with Crippen molar-refractivity contribution in [3.05, 3.63) is 83.4 Å². The zero-order valence-corrected chi connectivity index (χ0v) is 14.9. The molecule has 0 spiro atoms. The van der Waals surface area contributed by atoms with Gasteiger partial charge in [0.05, 0.1) is 7.11 Å². The molecule has 0 saturated heterocycles. The van der Waals surface area contributed by atoms with Gasteiger partial charge in [-0.2, -0.15) is 0 Å². The molecule has 5 nitrogen and oxygen atoms in total. The quantitative estimate of drug-likeness (QED) is 0.761. The Balaban J connectivity index is 2.11. The van der Waals surface area contributed by atoms with Crippen molar-refractivity contribution < 1.29 is 17.9 Å². The fourth-order valence-electron chi connectivity index (χ4n) is 2.79. The SMILES string of the molecule is COC(=O)C1(S(=O)(=O)/C=C/c2ccccc2)C=NC=C1c1ccccc1. The van der Waals surface area contributed by atoms with Crippen molar-refractivity contribution in [2.75, 3.05) is 7.11 Å². The molecule has 0 bridgehead atoms. The Bertz CT molecular complexity index is 993. The Hall–Kier alpha value is -2.99. The number of nitrogens with zero attached hydrogens (tertiary/aromatic N) is 1. The van der Waals surface area contributed by atoms with Gasteiger partial charge in [0.2, 0.25) is 4.75 Å². The van der Waals surface area contributed by atoms with Crippen LogP contribution in [0.2, 0.25) is 0 Å². The third-order valence-corrected chi connectivity index (χ3v) is 6.01. The minimum absolute atomic E-state index is 0.266. The van der Waals surface area contributed by atoms with E-state index in [0.29, 0.717) is 11.1 Å². The summed E-state index contributed by atoms with van der Waals surface area (Å²) in [6, 6.07) is 17.8. The molecule has 1 unspecified atom stereocenters. The fourth-order valence-corrected chi connectivity index (χ4v) is 4.34. The average Bonchev–Trinajstić information content (AvgIpc) is 3.14. The molecule has 0 amide bonds. The van der Waals surface area contributed by atoms with Crippen LogP contribution in [0.5, 0.6) is 0 Å². The highest BCUT2D eigenvalue weighted by Gasteiger charge is 2.55. The molecule has 3 rings (SSSR count). The number of hydrogen-bond acceptors (Lipinski definition) is 5. The van der Waals surface area contributed by atoms with E-state index in [9.17, 15) is 13.2 Å². The third-order valence-electron chi connectivity index (χ3n) is 4.12. The fraction of sp³-hybridized carbons (Fsp3) is 0.100. The molecule has 2 aromatic rings. The van der Waals surface area contributed by atoms with Gasteiger partial charge in [0.15, 0.2) is 9.84 Å². The average molecular weight is 367 g/mol. The van der Waals surface area contributed by atoms with Crippen LogP contribution in [0.25, 0.3) is 11.6 Å². The second-order valence-corrected chi connectivity index (χ2v) is 7.68. The predicted octanol–water partition coefficient (Wildman–Crippen LogP) is 3.11. The second-order valence-electron chi connectivity index (χ2n) is 5.67. The van der Waals surface area contributed by atoms with Gasteiger partial charge in [-0.05, 0) is 17.2 Å². The van der Waals surface area contributed by atoms with Gasteiger partial charge in [-0.3, -0.25) is 4.99 Å². The Labute approximate surface area is 152 Å². The van der Waals surface area contributed by atoms with Gasteiger partial charge in [0, 0.05) is 23.4 Å². The molecule has 1 heterocycles. The normalized spacial score (nSPS) is 19.5. The number of carbonyl (C=O) groups is 1. The summed E-state index contributed by atoms with van der Waals surface area (Å²) in [6.45, 7) is 0. The topological polar surface area (TPSA) is 72.8 Å². The van der Waals surface area contributed by atoms with Crippen molar-refractivity contribution in [1.29, 1.82) is 0 Å². The molecule has 132 valence electrons. The Morgan fingerprint density at radius 3 is 2.27 bits per heavy atom. The number of sulfone groups is 1. The van der Waals surface area contributed by atoms with E-state index in [-0.39, 0.29) is 5.57 Å². The maximum atomic E-state index is 13.2. The van der Waals surface area contributed by atoms with Crippen molar-refractivity contribution in [2.24, 2.45) is 4.99 Å². The molecule has 6 heteroatoms. The lowest BCUT2D eigenvalue weighted by molar-refractivity contribution is -0.140. The maximum Gasteiger partial charge on any atom is 0.337 e. The van der Waals surface area contributed by atoms with Gasteiger partial charge in [0.25, 0.3) is 0 Å². The Kier molecular flexibility index (Phi) is 4.86. The van der Waals surface area contributed by atoms with Crippen molar-refractivity contribution >= 4 is 33.7 Å². The number of ether oxygens (including phenoxy) is 1. The van der Waals surface area contributed by atoms with E-state index < -0.39 is 20.6 Å². The van der Waals surface area contributed by atoms with Crippen LogP contribution in [-0.4, -0.2) is 32.5 Å². The zero-order valence-electron chi connectivity index (χ0n) is 14.1. The van der Waals surface area contributed by atoms with Gasteiger partial charge in [0.1, 0.15) is 0 Å². The first-order valence-electron chi connectivity index (χ1n) is 7.88. The summed E-state index contributed by atoms with van der Waals surface area (Å²) in [6.07, 6.45) is 3.97. The van der Waals surface area contributed by atoms with Crippen molar-refractivity contribution in [2.45, 2.75) is 4.75 Å². The molecule has 0 saturated carbocycles. The Morgan fingerprint density at radius 1 is 1.04 bits per heavy atom. The molecule has 0 aromatic heterocycles. The highest BCUT2D eigenvalue weighted by Crippen LogP contribution is 2.38. The predicted molar refractivity (Wildman–Crippen MR) is 102 cm³/mol. The van der Waals surface area contributed by atoms with E-state index in [2.05, 4.69) is 4.99 Å². The van der Waals surface area contributed by atoms with E-state index in [0.717, 1.165) is 18.7 Å². The van der Waals surface area contributed by atoms with Crippen LogP contribution in [0.3, 0.4) is 0 Å². The molecule has 0 radical (unpaired) electrons. The molecule has 1 aliphatic heterocycles. The van der Waals surface area contributed by atoms with E-state index in [4.69, 9.17) is 4.74 Å². The highest BCUT2D eigenvalue weighted by atomic mass is 32.2. The lowest BCUT2D eigenvalue weighted by atomic mass is 9.94.